The number of aromatic nitrogens is 2. The molecule has 44 heavy (non-hydrogen) atoms. The van der Waals surface area contributed by atoms with Crippen LogP contribution in [-0.4, -0.2) is 48.1 Å². The molecular formula is C34H31N3O6S. The molecule has 3 aromatic carbocycles. The molecule has 10 heteroatoms. The average molecular weight is 610 g/mol. The molecule has 224 valence electrons. The predicted octanol–water partition coefficient (Wildman–Crippen LogP) is 6.54. The first-order valence-corrected chi connectivity index (χ1v) is 15.1. The number of aromatic amines is 1. The standard InChI is InChI=1S/C34H31N3O6S/c1-19(43-33(39)23-12-16-26-27(17-23)36-30(35-26)21-9-13-24(41-2)14-10-21)31(38)37-32-29(34(40)42-3)25-15-11-22(18-28(25)44-32)20-7-5-4-6-8-20/h4-10,12-14,16-17,19,22H,11,15,18H2,1-3H3,(H,35,36)(H,37,38). The van der Waals surface area contributed by atoms with Gasteiger partial charge in [0.2, 0.25) is 0 Å². The summed E-state index contributed by atoms with van der Waals surface area (Å²) in [6, 6.07) is 22.7. The molecule has 0 radical (unpaired) electrons. The number of fused-ring (bicyclic) bond motifs is 2. The van der Waals surface area contributed by atoms with Crippen molar-refractivity contribution in [3.63, 3.8) is 0 Å². The molecule has 2 atom stereocenters. The highest BCUT2D eigenvalue weighted by molar-refractivity contribution is 7.17. The van der Waals surface area contributed by atoms with E-state index in [9.17, 15) is 14.4 Å². The van der Waals surface area contributed by atoms with Crippen LogP contribution >= 0.6 is 11.3 Å². The van der Waals surface area contributed by atoms with Gasteiger partial charge in [0, 0.05) is 10.4 Å². The van der Waals surface area contributed by atoms with E-state index in [0.29, 0.717) is 39.8 Å². The monoisotopic (exact) mass is 609 g/mol. The molecule has 0 fully saturated rings. The summed E-state index contributed by atoms with van der Waals surface area (Å²) in [4.78, 5) is 47.9. The predicted molar refractivity (Wildman–Crippen MR) is 168 cm³/mol. The average Bonchev–Trinajstić information content (AvgIpc) is 3.65. The number of anilines is 1. The summed E-state index contributed by atoms with van der Waals surface area (Å²) in [6.45, 7) is 1.50. The third-order valence-corrected chi connectivity index (χ3v) is 9.07. The number of benzene rings is 3. The second-order valence-corrected chi connectivity index (χ2v) is 11.7. The molecule has 2 heterocycles. The molecule has 9 nitrogen and oxygen atoms in total. The second-order valence-electron chi connectivity index (χ2n) is 10.6. The van der Waals surface area contributed by atoms with Crippen LogP contribution < -0.4 is 10.1 Å². The fourth-order valence-corrected chi connectivity index (χ4v) is 6.84. The zero-order valence-electron chi connectivity index (χ0n) is 24.5. The van der Waals surface area contributed by atoms with Gasteiger partial charge in [-0.3, -0.25) is 4.79 Å². The van der Waals surface area contributed by atoms with Crippen LogP contribution in [0.4, 0.5) is 5.00 Å². The number of carbonyl (C=O) groups is 3. The number of nitrogens with zero attached hydrogens (tertiary/aromatic N) is 1. The van der Waals surface area contributed by atoms with Gasteiger partial charge in [-0.1, -0.05) is 30.3 Å². The van der Waals surface area contributed by atoms with Gasteiger partial charge in [0.25, 0.3) is 5.91 Å². The quantitative estimate of drug-likeness (QED) is 0.192. The molecule has 0 aliphatic heterocycles. The smallest absolute Gasteiger partial charge is 0.341 e. The normalized spacial score (nSPS) is 14.8. The van der Waals surface area contributed by atoms with E-state index in [-0.39, 0.29) is 5.56 Å². The number of imidazole rings is 1. The van der Waals surface area contributed by atoms with Crippen LogP contribution in [0.3, 0.4) is 0 Å². The van der Waals surface area contributed by atoms with Gasteiger partial charge in [-0.25, -0.2) is 14.6 Å². The summed E-state index contributed by atoms with van der Waals surface area (Å²) in [5, 5.41) is 3.24. The molecule has 0 bridgehead atoms. The maximum Gasteiger partial charge on any atom is 0.341 e. The summed E-state index contributed by atoms with van der Waals surface area (Å²) in [5.74, 6) is 0.0323. The molecule has 6 rings (SSSR count). The van der Waals surface area contributed by atoms with Crippen molar-refractivity contribution >= 4 is 45.2 Å². The fourth-order valence-electron chi connectivity index (χ4n) is 5.52. The summed E-state index contributed by atoms with van der Waals surface area (Å²) in [6.07, 6.45) is 1.25. The van der Waals surface area contributed by atoms with Crippen LogP contribution in [0.15, 0.2) is 72.8 Å². The Labute approximate surface area is 258 Å². The van der Waals surface area contributed by atoms with E-state index in [1.165, 1.54) is 30.9 Å². The lowest BCUT2D eigenvalue weighted by Crippen LogP contribution is -2.30. The van der Waals surface area contributed by atoms with Gasteiger partial charge in [-0.05, 0) is 85.7 Å². The molecule has 0 saturated carbocycles. The fraction of sp³-hybridized carbons (Fsp3) is 0.235. The highest BCUT2D eigenvalue weighted by Crippen LogP contribution is 2.43. The molecule has 1 amide bonds. The van der Waals surface area contributed by atoms with Gasteiger partial charge in [-0.2, -0.15) is 0 Å². The number of carbonyl (C=O) groups excluding carboxylic acids is 3. The molecule has 0 saturated heterocycles. The Bertz CT molecular complexity index is 1840. The minimum atomic E-state index is -1.11. The topological polar surface area (TPSA) is 120 Å². The Morgan fingerprint density at radius 3 is 2.50 bits per heavy atom. The van der Waals surface area contributed by atoms with Crippen LogP contribution in [0.2, 0.25) is 0 Å². The van der Waals surface area contributed by atoms with Crippen LogP contribution in [0, 0.1) is 0 Å². The molecule has 1 aliphatic rings. The number of rotatable bonds is 8. The van der Waals surface area contributed by atoms with E-state index in [1.807, 2.05) is 42.5 Å². The molecule has 1 aliphatic carbocycles. The van der Waals surface area contributed by atoms with Crippen molar-refractivity contribution in [3.05, 3.63) is 99.9 Å². The van der Waals surface area contributed by atoms with Gasteiger partial charge < -0.3 is 24.5 Å². The number of thiophene rings is 1. The van der Waals surface area contributed by atoms with Crippen LogP contribution in [0.25, 0.3) is 22.4 Å². The van der Waals surface area contributed by atoms with Crippen molar-refractivity contribution in [2.45, 2.75) is 38.2 Å². The van der Waals surface area contributed by atoms with Gasteiger partial charge in [0.15, 0.2) is 6.10 Å². The summed E-state index contributed by atoms with van der Waals surface area (Å²) < 4.78 is 15.8. The minimum absolute atomic E-state index is 0.274. The van der Waals surface area contributed by atoms with E-state index in [4.69, 9.17) is 14.2 Å². The van der Waals surface area contributed by atoms with Crippen LogP contribution in [0.5, 0.6) is 5.75 Å². The molecular weight excluding hydrogens is 578 g/mol. The first-order chi connectivity index (χ1) is 21.3. The minimum Gasteiger partial charge on any atom is -0.497 e. The summed E-state index contributed by atoms with van der Waals surface area (Å²) in [7, 11) is 2.94. The highest BCUT2D eigenvalue weighted by atomic mass is 32.1. The zero-order chi connectivity index (χ0) is 30.8. The summed E-state index contributed by atoms with van der Waals surface area (Å²) >= 11 is 1.38. The SMILES string of the molecule is COC(=O)c1c(NC(=O)C(C)OC(=O)c2ccc3nc(-c4ccc(OC)cc4)[nH]c3c2)sc2c1CCC(c1ccccc1)C2. The number of methoxy groups -OCH3 is 2. The first-order valence-electron chi connectivity index (χ1n) is 14.3. The second kappa shape index (κ2) is 12.3. The third-order valence-electron chi connectivity index (χ3n) is 7.90. The Morgan fingerprint density at radius 1 is 1.00 bits per heavy atom. The Kier molecular flexibility index (Phi) is 8.17. The lowest BCUT2D eigenvalue weighted by Gasteiger charge is -2.22. The molecule has 2 unspecified atom stereocenters. The van der Waals surface area contributed by atoms with Gasteiger partial charge >= 0.3 is 11.9 Å². The number of H-pyrrole nitrogens is 1. The Morgan fingerprint density at radius 2 is 1.77 bits per heavy atom. The van der Waals surface area contributed by atoms with Gasteiger partial charge in [-0.15, -0.1) is 11.3 Å². The lowest BCUT2D eigenvalue weighted by atomic mass is 9.83. The molecule has 2 aromatic heterocycles. The maximum absolute atomic E-state index is 13.2. The third kappa shape index (κ3) is 5.80. The van der Waals surface area contributed by atoms with Crippen molar-refractivity contribution in [1.82, 2.24) is 9.97 Å². The number of nitrogens with one attached hydrogen (secondary N) is 2. The largest absolute Gasteiger partial charge is 0.497 e. The van der Waals surface area contributed by atoms with E-state index < -0.39 is 23.9 Å². The zero-order valence-corrected chi connectivity index (χ0v) is 25.3. The van der Waals surface area contributed by atoms with E-state index >= 15 is 0 Å². The van der Waals surface area contributed by atoms with Gasteiger partial charge in [0.05, 0.1) is 36.4 Å². The van der Waals surface area contributed by atoms with Crippen LogP contribution in [-0.2, 0) is 27.1 Å². The number of hydrogen-bond donors (Lipinski definition) is 2. The van der Waals surface area contributed by atoms with Crippen molar-refractivity contribution in [2.24, 2.45) is 0 Å². The highest BCUT2D eigenvalue weighted by Gasteiger charge is 2.31. The van der Waals surface area contributed by atoms with E-state index in [0.717, 1.165) is 34.6 Å². The molecule has 2 N–H and O–H groups in total. The first kappa shape index (κ1) is 29.1. The molecule has 0 spiro atoms. The molecule has 5 aromatic rings. The summed E-state index contributed by atoms with van der Waals surface area (Å²) in [5.41, 5.74) is 5.03. The lowest BCUT2D eigenvalue weighted by molar-refractivity contribution is -0.123. The van der Waals surface area contributed by atoms with Crippen molar-refractivity contribution in [3.8, 4) is 17.1 Å². The Balaban J connectivity index is 1.15. The van der Waals surface area contributed by atoms with Crippen molar-refractivity contribution < 1.29 is 28.6 Å². The van der Waals surface area contributed by atoms with Crippen molar-refractivity contribution in [2.75, 3.05) is 19.5 Å². The maximum atomic E-state index is 13.2. The number of ether oxygens (including phenoxy) is 3. The number of hydrogen-bond acceptors (Lipinski definition) is 8. The Hall–Kier alpha value is -4.96. The van der Waals surface area contributed by atoms with Crippen LogP contribution in [0.1, 0.15) is 56.0 Å². The van der Waals surface area contributed by atoms with E-state index in [2.05, 4.69) is 27.4 Å². The number of esters is 2. The van der Waals surface area contributed by atoms with Crippen molar-refractivity contribution in [1.29, 1.82) is 0 Å². The van der Waals surface area contributed by atoms with E-state index in [1.54, 1.807) is 25.3 Å². The van der Waals surface area contributed by atoms with Gasteiger partial charge in [0.1, 0.15) is 16.6 Å². The number of amides is 1.